The van der Waals surface area contributed by atoms with E-state index < -0.39 is 0 Å². The van der Waals surface area contributed by atoms with Gasteiger partial charge in [0, 0.05) is 19.2 Å². The molecule has 4 heteroatoms. The third-order valence-electron chi connectivity index (χ3n) is 1.35. The van der Waals surface area contributed by atoms with Gasteiger partial charge in [0.25, 0.3) is 0 Å². The van der Waals surface area contributed by atoms with Crippen LogP contribution in [0.3, 0.4) is 0 Å². The highest BCUT2D eigenvalue weighted by Gasteiger charge is 1.99. The summed E-state index contributed by atoms with van der Waals surface area (Å²) in [5.41, 5.74) is 6.43. The first-order chi connectivity index (χ1) is 4.74. The molecule has 2 N–H and O–H groups in total. The number of aryl methyl sites for hydroxylation is 1. The molecule has 1 rings (SSSR count). The Labute approximate surface area is 64.8 Å². The lowest BCUT2D eigenvalue weighted by Crippen LogP contribution is -2.06. The van der Waals surface area contributed by atoms with Crippen LogP contribution in [0.15, 0.2) is 6.07 Å². The Balaban J connectivity index is 2.81. The van der Waals surface area contributed by atoms with Gasteiger partial charge in [-0.25, -0.2) is 0 Å². The largest absolute Gasteiger partial charge is 0.330 e. The molecule has 1 aromatic heterocycles. The van der Waals surface area contributed by atoms with E-state index in [-0.39, 0.29) is 0 Å². The summed E-state index contributed by atoms with van der Waals surface area (Å²) in [5.74, 6) is 0. The van der Waals surface area contributed by atoms with Crippen molar-refractivity contribution in [3.63, 3.8) is 0 Å². The van der Waals surface area contributed by atoms with Crippen molar-refractivity contribution in [2.75, 3.05) is 6.54 Å². The van der Waals surface area contributed by atoms with Crippen molar-refractivity contribution >= 4 is 11.6 Å². The molecule has 0 bridgehead atoms. The quantitative estimate of drug-likeness (QED) is 0.686. The van der Waals surface area contributed by atoms with Gasteiger partial charge in [0.2, 0.25) is 0 Å². The van der Waals surface area contributed by atoms with E-state index in [1.807, 2.05) is 13.1 Å². The molecule has 10 heavy (non-hydrogen) atoms. The van der Waals surface area contributed by atoms with Crippen LogP contribution in [0, 0.1) is 0 Å². The molecule has 0 saturated heterocycles. The van der Waals surface area contributed by atoms with Gasteiger partial charge in [-0.15, -0.1) is 0 Å². The molecule has 0 saturated carbocycles. The molecule has 0 unspecified atom stereocenters. The number of halogens is 1. The molecule has 1 heterocycles. The van der Waals surface area contributed by atoms with E-state index in [1.165, 1.54) is 0 Å². The minimum atomic E-state index is 0.533. The van der Waals surface area contributed by atoms with Crippen molar-refractivity contribution in [3.8, 4) is 0 Å². The molecule has 0 atom stereocenters. The topological polar surface area (TPSA) is 43.8 Å². The summed E-state index contributed by atoms with van der Waals surface area (Å²) in [5, 5.41) is 4.49. The normalized spacial score (nSPS) is 10.3. The van der Waals surface area contributed by atoms with Crippen molar-refractivity contribution < 1.29 is 0 Å². The molecule has 1 aromatic rings. The Morgan fingerprint density at radius 3 is 2.90 bits per heavy atom. The fourth-order valence-corrected chi connectivity index (χ4v) is 1.09. The molecule has 0 aliphatic heterocycles. The van der Waals surface area contributed by atoms with Gasteiger partial charge in [-0.05, 0) is 12.6 Å². The summed E-state index contributed by atoms with van der Waals surface area (Å²) in [6.45, 7) is 0.635. The maximum atomic E-state index is 5.63. The predicted octanol–water partition coefficient (Wildman–Crippen LogP) is 0.575. The summed E-state index contributed by atoms with van der Waals surface area (Å²) in [6.07, 6.45) is 0.830. The molecule has 0 aromatic carbocycles. The molecule has 3 nitrogen and oxygen atoms in total. The predicted molar refractivity (Wildman–Crippen MR) is 41.0 cm³/mol. The zero-order valence-electron chi connectivity index (χ0n) is 5.84. The highest BCUT2D eigenvalue weighted by Crippen LogP contribution is 2.07. The van der Waals surface area contributed by atoms with Gasteiger partial charge in [-0.3, -0.25) is 4.68 Å². The van der Waals surface area contributed by atoms with E-state index >= 15 is 0 Å². The maximum absolute atomic E-state index is 5.63. The minimum absolute atomic E-state index is 0.533. The summed E-state index contributed by atoms with van der Waals surface area (Å²) in [6, 6.07) is 1.83. The average molecular weight is 160 g/mol. The first kappa shape index (κ1) is 7.57. The van der Waals surface area contributed by atoms with Gasteiger partial charge in [0.15, 0.2) is 5.15 Å². The molecule has 0 aliphatic rings. The smallest absolute Gasteiger partial charge is 0.151 e. The Kier molecular flexibility index (Phi) is 2.29. The lowest BCUT2D eigenvalue weighted by Gasteiger charge is -1.95. The number of nitrogens with zero attached hydrogens (tertiary/aromatic N) is 2. The Morgan fingerprint density at radius 2 is 2.50 bits per heavy atom. The Bertz CT molecular complexity index is 219. The molecule has 0 amide bonds. The average Bonchev–Trinajstić information content (AvgIpc) is 2.13. The lowest BCUT2D eigenvalue weighted by molar-refractivity contribution is 0.707. The molecule has 0 radical (unpaired) electrons. The number of nitrogens with two attached hydrogens (primary N) is 1. The Morgan fingerprint density at radius 1 is 1.80 bits per heavy atom. The van der Waals surface area contributed by atoms with E-state index in [1.54, 1.807) is 4.68 Å². The summed E-state index contributed by atoms with van der Waals surface area (Å²) >= 11 is 5.63. The van der Waals surface area contributed by atoms with E-state index in [0.29, 0.717) is 11.7 Å². The van der Waals surface area contributed by atoms with Crippen molar-refractivity contribution in [2.45, 2.75) is 6.42 Å². The highest BCUT2D eigenvalue weighted by atomic mass is 35.5. The van der Waals surface area contributed by atoms with Gasteiger partial charge < -0.3 is 5.73 Å². The van der Waals surface area contributed by atoms with Crippen LogP contribution in [0.4, 0.5) is 0 Å². The van der Waals surface area contributed by atoms with Gasteiger partial charge in [0.1, 0.15) is 0 Å². The van der Waals surface area contributed by atoms with Crippen molar-refractivity contribution in [2.24, 2.45) is 12.8 Å². The fraction of sp³-hybridized carbons (Fsp3) is 0.500. The summed E-state index contributed by atoms with van der Waals surface area (Å²) < 4.78 is 1.75. The first-order valence-electron chi connectivity index (χ1n) is 3.12. The molecular weight excluding hydrogens is 150 g/mol. The third kappa shape index (κ3) is 1.49. The molecular formula is C6H10ClN3. The fourth-order valence-electron chi connectivity index (χ4n) is 0.849. The highest BCUT2D eigenvalue weighted by molar-refractivity contribution is 6.29. The zero-order valence-corrected chi connectivity index (χ0v) is 6.60. The molecule has 56 valence electrons. The van der Waals surface area contributed by atoms with Crippen LogP contribution in [0.1, 0.15) is 5.69 Å². The van der Waals surface area contributed by atoms with Gasteiger partial charge in [-0.1, -0.05) is 11.6 Å². The number of rotatable bonds is 2. The van der Waals surface area contributed by atoms with Crippen molar-refractivity contribution in [1.82, 2.24) is 9.78 Å². The van der Waals surface area contributed by atoms with Crippen LogP contribution in [-0.4, -0.2) is 16.3 Å². The van der Waals surface area contributed by atoms with E-state index in [2.05, 4.69) is 5.10 Å². The maximum Gasteiger partial charge on any atom is 0.151 e. The third-order valence-corrected chi connectivity index (χ3v) is 1.53. The van der Waals surface area contributed by atoms with E-state index in [9.17, 15) is 0 Å². The number of hydrogen-bond acceptors (Lipinski definition) is 2. The van der Waals surface area contributed by atoms with Crippen LogP contribution in [0.5, 0.6) is 0 Å². The van der Waals surface area contributed by atoms with Crippen LogP contribution in [0.2, 0.25) is 5.15 Å². The van der Waals surface area contributed by atoms with Crippen molar-refractivity contribution in [1.29, 1.82) is 0 Å². The van der Waals surface area contributed by atoms with Crippen molar-refractivity contribution in [3.05, 3.63) is 16.9 Å². The van der Waals surface area contributed by atoms with E-state index in [0.717, 1.165) is 12.1 Å². The second kappa shape index (κ2) is 3.03. The Hall–Kier alpha value is -0.540. The van der Waals surface area contributed by atoms with Gasteiger partial charge in [-0.2, -0.15) is 5.10 Å². The second-order valence-corrected chi connectivity index (χ2v) is 2.51. The SMILES string of the molecule is Cn1nc(Cl)cc1CCN. The van der Waals surface area contributed by atoms with E-state index in [4.69, 9.17) is 17.3 Å². The molecule has 0 fully saturated rings. The summed E-state index contributed by atoms with van der Waals surface area (Å²) in [4.78, 5) is 0. The second-order valence-electron chi connectivity index (χ2n) is 2.12. The lowest BCUT2D eigenvalue weighted by atomic mass is 10.3. The van der Waals surface area contributed by atoms with Crippen LogP contribution >= 0.6 is 11.6 Å². The van der Waals surface area contributed by atoms with Gasteiger partial charge in [0.05, 0.1) is 0 Å². The summed E-state index contributed by atoms with van der Waals surface area (Å²) in [7, 11) is 1.86. The zero-order chi connectivity index (χ0) is 7.56. The van der Waals surface area contributed by atoms with Crippen LogP contribution in [0.25, 0.3) is 0 Å². The molecule has 0 aliphatic carbocycles. The van der Waals surface area contributed by atoms with Crippen LogP contribution in [-0.2, 0) is 13.5 Å². The molecule has 0 spiro atoms. The van der Waals surface area contributed by atoms with Gasteiger partial charge >= 0.3 is 0 Å². The standard InChI is InChI=1S/C6H10ClN3/c1-10-5(2-3-8)4-6(7)9-10/h4H,2-3,8H2,1H3. The number of aromatic nitrogens is 2. The minimum Gasteiger partial charge on any atom is -0.330 e. The van der Waals surface area contributed by atoms with Crippen LogP contribution < -0.4 is 5.73 Å². The first-order valence-corrected chi connectivity index (χ1v) is 3.50. The number of hydrogen-bond donors (Lipinski definition) is 1. The monoisotopic (exact) mass is 159 g/mol.